The topological polar surface area (TPSA) is 72.9 Å². The summed E-state index contributed by atoms with van der Waals surface area (Å²) in [6, 6.07) is 3.65. The van der Waals surface area contributed by atoms with Gasteiger partial charge in [0.15, 0.2) is 0 Å². The van der Waals surface area contributed by atoms with Crippen LogP contribution in [-0.4, -0.2) is 65.5 Å². The Morgan fingerprint density at radius 1 is 1.30 bits per heavy atom. The van der Waals surface area contributed by atoms with Crippen molar-refractivity contribution in [3.05, 3.63) is 34.6 Å². The van der Waals surface area contributed by atoms with E-state index in [4.69, 9.17) is 11.6 Å². The smallest absolute Gasteiger partial charge is 0.237 e. The van der Waals surface area contributed by atoms with Gasteiger partial charge in [-0.2, -0.15) is 0 Å². The molecule has 0 aromatic heterocycles. The number of piperazine rings is 1. The number of piperidine rings is 1. The molecular weight excluding hydrogens is 373 g/mol. The van der Waals surface area contributed by atoms with E-state index in [1.807, 2.05) is 4.90 Å². The minimum atomic E-state index is -0.567. The Balaban J connectivity index is 1.65. The molecule has 148 valence electrons. The third-order valence-corrected chi connectivity index (χ3v) is 5.78. The van der Waals surface area contributed by atoms with Gasteiger partial charge in [-0.3, -0.25) is 14.5 Å². The summed E-state index contributed by atoms with van der Waals surface area (Å²) in [4.78, 5) is 28.8. The quantitative estimate of drug-likeness (QED) is 0.787. The van der Waals surface area contributed by atoms with Crippen LogP contribution in [0.2, 0.25) is 5.02 Å². The van der Waals surface area contributed by atoms with Crippen molar-refractivity contribution < 1.29 is 19.1 Å². The molecule has 2 N–H and O–H groups in total. The molecule has 3 rings (SSSR count). The van der Waals surface area contributed by atoms with E-state index in [1.54, 1.807) is 11.0 Å². The number of hydrogen-bond acceptors (Lipinski definition) is 4. The van der Waals surface area contributed by atoms with Gasteiger partial charge in [0.25, 0.3) is 0 Å². The number of carbonyl (C=O) groups excluding carboxylic acids is 2. The fourth-order valence-electron chi connectivity index (χ4n) is 3.70. The van der Waals surface area contributed by atoms with Gasteiger partial charge in [0, 0.05) is 44.4 Å². The molecule has 1 unspecified atom stereocenters. The van der Waals surface area contributed by atoms with E-state index >= 15 is 0 Å². The highest BCUT2D eigenvalue weighted by Crippen LogP contribution is 2.23. The molecule has 2 fully saturated rings. The average molecular weight is 398 g/mol. The lowest BCUT2D eigenvalue weighted by molar-refractivity contribution is -0.140. The second-order valence-corrected chi connectivity index (χ2v) is 7.63. The van der Waals surface area contributed by atoms with E-state index in [0.717, 1.165) is 18.4 Å². The Kier molecular flexibility index (Phi) is 6.68. The molecule has 27 heavy (non-hydrogen) atoms. The number of aliphatic hydroxyl groups is 1. The molecule has 2 aliphatic rings. The highest BCUT2D eigenvalue weighted by atomic mass is 35.5. The number of aliphatic hydroxyl groups excluding tert-OH is 1. The lowest BCUT2D eigenvalue weighted by Crippen LogP contribution is -2.56. The molecule has 1 atom stereocenters. The largest absolute Gasteiger partial charge is 0.396 e. The Labute approximate surface area is 163 Å². The third-order valence-electron chi connectivity index (χ3n) is 5.42. The summed E-state index contributed by atoms with van der Waals surface area (Å²) in [7, 11) is 0. The van der Waals surface area contributed by atoms with Crippen LogP contribution in [0.5, 0.6) is 0 Å². The number of carbonyl (C=O) groups is 2. The lowest BCUT2D eigenvalue weighted by Gasteiger charge is -2.37. The molecule has 0 bridgehead atoms. The van der Waals surface area contributed by atoms with Gasteiger partial charge in [0.1, 0.15) is 5.82 Å². The average Bonchev–Trinajstić information content (AvgIpc) is 2.66. The Bertz CT molecular complexity index is 695. The van der Waals surface area contributed by atoms with Gasteiger partial charge in [-0.25, -0.2) is 4.39 Å². The van der Waals surface area contributed by atoms with Gasteiger partial charge >= 0.3 is 0 Å². The number of benzene rings is 1. The van der Waals surface area contributed by atoms with E-state index in [0.29, 0.717) is 37.7 Å². The van der Waals surface area contributed by atoms with Crippen molar-refractivity contribution in [2.45, 2.75) is 31.8 Å². The first-order valence-electron chi connectivity index (χ1n) is 9.32. The molecule has 0 saturated carbocycles. The van der Waals surface area contributed by atoms with Crippen LogP contribution in [-0.2, 0) is 16.1 Å². The van der Waals surface area contributed by atoms with E-state index in [2.05, 4.69) is 5.32 Å². The van der Waals surface area contributed by atoms with Crippen LogP contribution < -0.4 is 5.32 Å². The molecule has 0 radical (unpaired) electrons. The fraction of sp³-hybridized carbons (Fsp3) is 0.579. The Hall–Kier alpha value is -1.70. The van der Waals surface area contributed by atoms with Gasteiger partial charge in [-0.05, 0) is 36.5 Å². The van der Waals surface area contributed by atoms with Gasteiger partial charge in [-0.1, -0.05) is 17.7 Å². The van der Waals surface area contributed by atoms with Crippen LogP contribution in [0.1, 0.15) is 24.8 Å². The van der Waals surface area contributed by atoms with Gasteiger partial charge in [0.05, 0.1) is 12.5 Å². The Morgan fingerprint density at radius 3 is 2.70 bits per heavy atom. The molecule has 2 aliphatic heterocycles. The maximum atomic E-state index is 13.3. The molecule has 2 amide bonds. The molecule has 1 aromatic carbocycles. The monoisotopic (exact) mass is 397 g/mol. The van der Waals surface area contributed by atoms with Crippen LogP contribution in [0, 0.1) is 11.7 Å². The summed E-state index contributed by atoms with van der Waals surface area (Å²) in [5.41, 5.74) is 0.731. The lowest BCUT2D eigenvalue weighted by atomic mass is 9.97. The maximum Gasteiger partial charge on any atom is 0.237 e. The Morgan fingerprint density at radius 2 is 2.04 bits per heavy atom. The molecule has 2 saturated heterocycles. The number of halogens is 2. The van der Waals surface area contributed by atoms with E-state index in [1.165, 1.54) is 12.1 Å². The first kappa shape index (κ1) is 20.0. The first-order valence-corrected chi connectivity index (χ1v) is 9.70. The number of amides is 2. The van der Waals surface area contributed by atoms with Gasteiger partial charge < -0.3 is 15.3 Å². The molecule has 2 heterocycles. The van der Waals surface area contributed by atoms with Crippen LogP contribution in [0.4, 0.5) is 4.39 Å². The zero-order valence-corrected chi connectivity index (χ0v) is 15.9. The molecule has 1 aromatic rings. The van der Waals surface area contributed by atoms with E-state index in [9.17, 15) is 19.1 Å². The number of hydrogen-bond donors (Lipinski definition) is 2. The summed E-state index contributed by atoms with van der Waals surface area (Å²) in [5.74, 6) is -0.371. The van der Waals surface area contributed by atoms with Crippen molar-refractivity contribution in [3.63, 3.8) is 0 Å². The van der Waals surface area contributed by atoms with Crippen molar-refractivity contribution >= 4 is 23.4 Å². The van der Waals surface area contributed by atoms with Crippen LogP contribution in [0.25, 0.3) is 0 Å². The normalized spacial score (nSPS) is 22.0. The molecule has 0 aliphatic carbocycles. The zero-order valence-electron chi connectivity index (χ0n) is 15.2. The van der Waals surface area contributed by atoms with Gasteiger partial charge in [-0.15, -0.1) is 0 Å². The molecule has 6 nitrogen and oxygen atoms in total. The first-order chi connectivity index (χ1) is 13.0. The maximum absolute atomic E-state index is 13.3. The number of rotatable bonds is 5. The molecule has 8 heteroatoms. The van der Waals surface area contributed by atoms with E-state index in [-0.39, 0.29) is 30.8 Å². The molecular formula is C19H25ClFN3O3. The standard InChI is InChI=1S/C19H25ClFN3O3/c20-16-9-15(21)2-1-14(16)11-24-8-5-22-19(27)17(24)10-18(26)23-6-3-13(12-25)4-7-23/h1-2,9,13,17,25H,3-8,10-12H2,(H,22,27). The van der Waals surface area contributed by atoms with Crippen molar-refractivity contribution in [1.82, 2.24) is 15.1 Å². The summed E-state index contributed by atoms with van der Waals surface area (Å²) in [6.07, 6.45) is 1.68. The summed E-state index contributed by atoms with van der Waals surface area (Å²) >= 11 is 6.12. The summed E-state index contributed by atoms with van der Waals surface area (Å²) < 4.78 is 13.3. The molecule has 0 spiro atoms. The van der Waals surface area contributed by atoms with Crippen molar-refractivity contribution in [3.8, 4) is 0 Å². The fourth-order valence-corrected chi connectivity index (χ4v) is 3.93. The second kappa shape index (κ2) is 8.99. The number of nitrogens with zero attached hydrogens (tertiary/aromatic N) is 2. The predicted molar refractivity (Wildman–Crippen MR) is 99.6 cm³/mol. The number of nitrogens with one attached hydrogen (secondary N) is 1. The number of likely N-dealkylation sites (tertiary alicyclic amines) is 1. The van der Waals surface area contributed by atoms with Crippen LogP contribution in [0.15, 0.2) is 18.2 Å². The van der Waals surface area contributed by atoms with E-state index < -0.39 is 11.9 Å². The van der Waals surface area contributed by atoms with Crippen molar-refractivity contribution in [2.75, 3.05) is 32.8 Å². The summed E-state index contributed by atoms with van der Waals surface area (Å²) in [6.45, 7) is 2.87. The summed E-state index contributed by atoms with van der Waals surface area (Å²) in [5, 5.41) is 12.4. The van der Waals surface area contributed by atoms with Crippen LogP contribution >= 0.6 is 11.6 Å². The highest BCUT2D eigenvalue weighted by molar-refractivity contribution is 6.31. The van der Waals surface area contributed by atoms with Crippen LogP contribution in [0.3, 0.4) is 0 Å². The minimum Gasteiger partial charge on any atom is -0.396 e. The van der Waals surface area contributed by atoms with Crippen molar-refractivity contribution in [2.24, 2.45) is 5.92 Å². The third kappa shape index (κ3) is 4.97. The van der Waals surface area contributed by atoms with Crippen molar-refractivity contribution in [1.29, 1.82) is 0 Å². The zero-order chi connectivity index (χ0) is 19.4. The predicted octanol–water partition coefficient (Wildman–Crippen LogP) is 1.40. The second-order valence-electron chi connectivity index (χ2n) is 7.22. The minimum absolute atomic E-state index is 0.0522. The SMILES string of the molecule is O=C1NCCN(Cc2ccc(F)cc2Cl)C1CC(=O)N1CCC(CO)CC1. The van der Waals surface area contributed by atoms with Gasteiger partial charge in [0.2, 0.25) is 11.8 Å². The highest BCUT2D eigenvalue weighted by Gasteiger charge is 2.34.